The van der Waals surface area contributed by atoms with Crippen LogP contribution in [0.2, 0.25) is 0 Å². The minimum atomic E-state index is -3.21. The molecular weight excluding hydrogens is 1410 g/mol. The molecule has 5 aliphatic heterocycles. The fraction of sp³-hybridized carbons (Fsp3) is 0.918. The second-order valence-corrected chi connectivity index (χ2v) is 29.3. The number of carbonyl (C=O) groups is 4. The van der Waals surface area contributed by atoms with E-state index in [1.54, 1.807) is 6.08 Å². The largest absolute Gasteiger partial charge is 0.477 e. The number of allylic oxidation sites excluding steroid dienone is 1. The van der Waals surface area contributed by atoms with Gasteiger partial charge in [-0.15, -0.1) is 0 Å². The molecule has 624 valence electrons. The molecular formula is C73H131N3O31. The van der Waals surface area contributed by atoms with Crippen LogP contribution in [0.1, 0.15) is 214 Å². The number of carbonyl (C=O) groups excluding carboxylic acids is 3. The normalized spacial score (nSPS) is 34.6. The first kappa shape index (κ1) is 94.2. The van der Waals surface area contributed by atoms with E-state index in [1.807, 2.05) is 6.08 Å². The third kappa shape index (κ3) is 29.2. The Balaban J connectivity index is 1.25. The zero-order valence-electron chi connectivity index (χ0n) is 62.8. The van der Waals surface area contributed by atoms with Gasteiger partial charge in [0.25, 0.3) is 5.79 Å². The molecule has 34 nitrogen and oxygen atoms in total. The van der Waals surface area contributed by atoms with Crippen LogP contribution in [0.5, 0.6) is 0 Å². The van der Waals surface area contributed by atoms with Gasteiger partial charge in [0.2, 0.25) is 17.7 Å². The predicted molar refractivity (Wildman–Crippen MR) is 378 cm³/mol. The van der Waals surface area contributed by atoms with Crippen molar-refractivity contribution in [3.05, 3.63) is 12.2 Å². The van der Waals surface area contributed by atoms with Crippen molar-refractivity contribution in [1.29, 1.82) is 0 Å². The third-order valence-corrected chi connectivity index (χ3v) is 20.6. The number of nitrogens with one attached hydrogen (secondary N) is 3. The van der Waals surface area contributed by atoms with E-state index in [0.29, 0.717) is 12.8 Å². The lowest BCUT2D eigenvalue weighted by Gasteiger charge is -2.51. The van der Waals surface area contributed by atoms with Crippen molar-refractivity contribution < 1.29 is 153 Å². The minimum absolute atomic E-state index is 0.178. The van der Waals surface area contributed by atoms with Crippen molar-refractivity contribution in [2.24, 2.45) is 0 Å². The smallest absolute Gasteiger partial charge is 0.364 e. The van der Waals surface area contributed by atoms with E-state index < -0.39 is 235 Å². The molecule has 0 spiro atoms. The van der Waals surface area contributed by atoms with Crippen LogP contribution in [0.4, 0.5) is 0 Å². The van der Waals surface area contributed by atoms with Gasteiger partial charge >= 0.3 is 5.97 Å². The lowest BCUT2D eigenvalue weighted by atomic mass is 9.88. The summed E-state index contributed by atoms with van der Waals surface area (Å²) >= 11 is 0. The number of hydrogen-bond acceptors (Lipinski definition) is 30. The molecule has 107 heavy (non-hydrogen) atoms. The molecule has 0 saturated carbocycles. The van der Waals surface area contributed by atoms with Gasteiger partial charge in [0.15, 0.2) is 25.2 Å². The molecule has 0 radical (unpaired) electrons. The summed E-state index contributed by atoms with van der Waals surface area (Å²) in [5.74, 6) is -7.35. The van der Waals surface area contributed by atoms with Crippen LogP contribution in [0.25, 0.3) is 0 Å². The number of ether oxygens (including phenoxy) is 10. The van der Waals surface area contributed by atoms with Crippen LogP contribution in [0, 0.1) is 0 Å². The van der Waals surface area contributed by atoms with E-state index in [9.17, 15) is 106 Å². The van der Waals surface area contributed by atoms with Crippen molar-refractivity contribution in [3.63, 3.8) is 0 Å². The van der Waals surface area contributed by atoms with Crippen molar-refractivity contribution in [3.8, 4) is 0 Å². The second kappa shape index (κ2) is 49.9. The predicted octanol–water partition coefficient (Wildman–Crippen LogP) is -1.04. The Kier molecular flexibility index (Phi) is 44.0. The number of amides is 3. The van der Waals surface area contributed by atoms with E-state index in [2.05, 4.69) is 29.8 Å². The molecule has 10 unspecified atom stereocenters. The first-order chi connectivity index (χ1) is 51.3. The summed E-state index contributed by atoms with van der Waals surface area (Å²) in [7, 11) is 0. The summed E-state index contributed by atoms with van der Waals surface area (Å²) in [4.78, 5) is 51.8. The van der Waals surface area contributed by atoms with Gasteiger partial charge < -0.3 is 150 Å². The molecule has 3 amide bonds. The highest BCUT2D eigenvalue weighted by Crippen LogP contribution is 2.40. The first-order valence-electron chi connectivity index (χ1n) is 39.1. The number of carboxylic acids is 1. The molecule has 0 aliphatic carbocycles. The lowest BCUT2D eigenvalue weighted by molar-refractivity contribution is -0.389. The van der Waals surface area contributed by atoms with Crippen LogP contribution in [0.15, 0.2) is 12.2 Å². The average Bonchev–Trinajstić information content (AvgIpc) is 0.756. The van der Waals surface area contributed by atoms with Crippen LogP contribution < -0.4 is 16.0 Å². The Morgan fingerprint density at radius 2 is 0.897 bits per heavy atom. The van der Waals surface area contributed by atoms with Gasteiger partial charge in [0.1, 0.15) is 116 Å². The molecule has 0 aromatic heterocycles. The van der Waals surface area contributed by atoms with Crippen LogP contribution in [-0.4, -0.2) is 321 Å². The number of aliphatic carboxylic acids is 1. The van der Waals surface area contributed by atoms with Gasteiger partial charge in [-0.05, 0) is 19.3 Å². The van der Waals surface area contributed by atoms with Crippen molar-refractivity contribution >= 4 is 23.7 Å². The van der Waals surface area contributed by atoms with E-state index in [4.69, 9.17) is 47.4 Å². The van der Waals surface area contributed by atoms with Gasteiger partial charge in [-0.2, -0.15) is 0 Å². The molecule has 20 N–H and O–H groups in total. The molecule has 5 aliphatic rings. The average molecular weight is 1550 g/mol. The van der Waals surface area contributed by atoms with Crippen LogP contribution >= 0.6 is 0 Å². The molecule has 0 aromatic carbocycles. The quantitative estimate of drug-likeness (QED) is 0.0255. The van der Waals surface area contributed by atoms with Gasteiger partial charge in [-0.3, -0.25) is 14.4 Å². The van der Waals surface area contributed by atoms with Crippen molar-refractivity contribution in [2.45, 2.75) is 385 Å². The topological polar surface area (TPSA) is 541 Å². The highest BCUT2D eigenvalue weighted by molar-refractivity contribution is 5.77. The zero-order valence-corrected chi connectivity index (χ0v) is 62.8. The lowest BCUT2D eigenvalue weighted by Crippen LogP contribution is -2.71. The SMILES string of the molecule is CCCCCCCCCCCCC/C=C/[C@@H](O)[C@H](CO[C@@H]1OC(CO)[C@@H](O[C@@H]2OC(CO)[C@H](O[C@@H]3OC(CO)[C@H](O)[C@H](O[C@@H]4OC(CO)[C@H](O)[C@H](O[C@]5(C(=O)O)CC(O)[C@@H](NC(C)=O)C([C@H](O)[C@H](O)CO)O5)C4O)C3NC(C)=O)[C@H](O)C2O)[C@H](O)C1O)NC(=O)CCCCCCCCCCCCCCCCC. The fourth-order valence-electron chi connectivity index (χ4n) is 14.3. The van der Waals surface area contributed by atoms with Gasteiger partial charge in [-0.25, -0.2) is 4.79 Å². The highest BCUT2D eigenvalue weighted by Gasteiger charge is 2.61. The number of rotatable bonds is 52. The number of aliphatic hydroxyl groups is 16. The van der Waals surface area contributed by atoms with Crippen molar-refractivity contribution in [2.75, 3.05) is 39.6 Å². The molecule has 28 atom stereocenters. The Morgan fingerprint density at radius 3 is 1.37 bits per heavy atom. The standard InChI is InChI=1S/C73H131N3O31/c1-5-7-9-11-13-15-17-19-20-22-24-26-28-30-32-34-52(87)76-44(45(84)33-31-29-27-25-23-21-18-16-14-12-10-8-6-2)41-98-69-60(93)58(91)64(50(39-80)101-69)104-70-61(94)59(92)63(51(40-81)102-70)103-68-54(75-43(4)83)65(56(89)48(37-78)99-68)105-71-62(95)67(57(90)49(38-79)100-71)107-73(72(96)97)35-46(85)53(74-42(3)82)66(106-73)55(88)47(86)36-77/h31,33,44-51,53-71,77-81,84-86,88-95H,5-30,32,34-41H2,1-4H3,(H,74,82)(H,75,83)(H,76,87)(H,96,97)/b33-31+/t44-,45+,46?,47+,48?,49?,50?,51?,53+,54?,55+,56-,57-,58+,59+,60?,61?,62?,63-,64+,65+,66?,67-,68-,69+,70-,71-,73-/m0/s1. The fourth-order valence-corrected chi connectivity index (χ4v) is 14.3. The maximum atomic E-state index is 13.5. The molecule has 0 bridgehead atoms. The Labute approximate surface area is 627 Å². The summed E-state index contributed by atoms with van der Waals surface area (Å²) in [6.07, 6.45) is -14.6. The number of unbranched alkanes of at least 4 members (excludes halogenated alkanes) is 25. The molecule has 5 saturated heterocycles. The zero-order chi connectivity index (χ0) is 78.8. The molecule has 5 rings (SSSR count). The maximum absolute atomic E-state index is 13.5. The van der Waals surface area contributed by atoms with Crippen molar-refractivity contribution in [1.82, 2.24) is 16.0 Å². The van der Waals surface area contributed by atoms with E-state index in [0.717, 1.165) is 65.2 Å². The molecule has 34 heteroatoms. The summed E-state index contributed by atoms with van der Waals surface area (Å²) < 4.78 is 58.9. The summed E-state index contributed by atoms with van der Waals surface area (Å²) in [6, 6.07) is -4.59. The van der Waals surface area contributed by atoms with Gasteiger partial charge in [0.05, 0.1) is 63.9 Å². The van der Waals surface area contributed by atoms with E-state index in [-0.39, 0.29) is 12.3 Å². The minimum Gasteiger partial charge on any atom is -0.477 e. The van der Waals surface area contributed by atoms with Gasteiger partial charge in [0, 0.05) is 26.7 Å². The number of carboxylic acid groups (broad SMARTS) is 1. The number of aliphatic hydroxyl groups excluding tert-OH is 16. The van der Waals surface area contributed by atoms with Crippen LogP contribution in [0.3, 0.4) is 0 Å². The second-order valence-electron chi connectivity index (χ2n) is 29.3. The van der Waals surface area contributed by atoms with Gasteiger partial charge in [-0.1, -0.05) is 180 Å². The molecule has 5 heterocycles. The highest BCUT2D eigenvalue weighted by atomic mass is 16.8. The molecule has 5 fully saturated rings. The first-order valence-corrected chi connectivity index (χ1v) is 39.1. The Morgan fingerprint density at radius 1 is 0.486 bits per heavy atom. The Bertz CT molecular complexity index is 2500. The summed E-state index contributed by atoms with van der Waals surface area (Å²) in [5.41, 5.74) is 0. The van der Waals surface area contributed by atoms with E-state index >= 15 is 0 Å². The monoisotopic (exact) mass is 1550 g/mol. The van der Waals surface area contributed by atoms with Crippen LogP contribution in [-0.2, 0) is 66.5 Å². The Hall–Kier alpha value is -3.42. The van der Waals surface area contributed by atoms with E-state index in [1.165, 1.54) is 109 Å². The number of hydrogen-bond donors (Lipinski definition) is 20. The maximum Gasteiger partial charge on any atom is 0.364 e. The summed E-state index contributed by atoms with van der Waals surface area (Å²) in [6.45, 7) is 0.640. The molecule has 0 aromatic rings. The third-order valence-electron chi connectivity index (χ3n) is 20.6. The summed E-state index contributed by atoms with van der Waals surface area (Å²) in [5, 5.41) is 196.